The van der Waals surface area contributed by atoms with Crippen molar-refractivity contribution < 1.29 is 0 Å². The molecule has 0 N–H and O–H groups in total. The van der Waals surface area contributed by atoms with E-state index in [9.17, 15) is 0 Å². The first-order valence-electron chi connectivity index (χ1n) is 10.8. The normalized spacial score (nSPS) is 42.9. The minimum Gasteiger partial charge on any atom is -0.0697 e. The van der Waals surface area contributed by atoms with Gasteiger partial charge in [0.25, 0.3) is 0 Å². The lowest BCUT2D eigenvalue weighted by Crippen LogP contribution is -2.35. The van der Waals surface area contributed by atoms with E-state index in [2.05, 4.69) is 46.8 Å². The maximum Gasteiger partial charge on any atom is -0.0143 e. The summed E-state index contributed by atoms with van der Waals surface area (Å²) in [5.41, 5.74) is 4.11. The fraction of sp³-hybridized carbons (Fsp3) is 0.833. The first-order valence-corrected chi connectivity index (χ1v) is 10.8. The van der Waals surface area contributed by atoms with Crippen LogP contribution in [0.4, 0.5) is 0 Å². The smallest absolute Gasteiger partial charge is 0.0143 e. The average Bonchev–Trinajstić information content (AvgIpc) is 2.89. The highest BCUT2D eigenvalue weighted by atomic mass is 14.5. The molecule has 0 bridgehead atoms. The van der Waals surface area contributed by atoms with Crippen LogP contribution in [0.3, 0.4) is 0 Å². The molecule has 3 aliphatic rings. The van der Waals surface area contributed by atoms with Crippen LogP contribution < -0.4 is 0 Å². The van der Waals surface area contributed by atoms with Gasteiger partial charge < -0.3 is 0 Å². The molecule has 0 amide bonds. The van der Waals surface area contributed by atoms with E-state index in [4.69, 9.17) is 0 Å². The van der Waals surface area contributed by atoms with Gasteiger partial charge in [0, 0.05) is 0 Å². The quantitative estimate of drug-likeness (QED) is 0.501. The summed E-state index contributed by atoms with van der Waals surface area (Å²) >= 11 is 0. The molecule has 0 heterocycles. The maximum absolute atomic E-state index is 2.63. The van der Waals surface area contributed by atoms with Crippen LogP contribution >= 0.6 is 0 Å². The number of allylic oxidation sites excluding steroid dienone is 4. The molecule has 3 aliphatic carbocycles. The monoisotopic (exact) mass is 328 g/mol. The molecule has 0 radical (unpaired) electrons. The Hall–Kier alpha value is -0.520. The Bertz CT molecular complexity index is 484. The molecule has 0 spiro atoms. The van der Waals surface area contributed by atoms with Crippen LogP contribution in [0, 0.1) is 35.0 Å². The van der Waals surface area contributed by atoms with E-state index in [-0.39, 0.29) is 0 Å². The Morgan fingerprint density at radius 3 is 2.50 bits per heavy atom. The highest BCUT2D eigenvalue weighted by Gasteiger charge is 2.50. The molecule has 0 aromatic heterocycles. The highest BCUT2D eigenvalue weighted by Crippen LogP contribution is 2.59. The van der Waals surface area contributed by atoms with Crippen LogP contribution in [0.25, 0.3) is 0 Å². The fourth-order valence-electron chi connectivity index (χ4n) is 6.69. The van der Waals surface area contributed by atoms with E-state index in [0.29, 0.717) is 5.41 Å². The number of fused-ring (bicyclic) bond motifs is 1. The number of rotatable bonds is 3. The number of hydrogen-bond acceptors (Lipinski definition) is 0. The third kappa shape index (κ3) is 3.54. The Kier molecular flexibility index (Phi) is 5.62. The zero-order valence-electron chi connectivity index (χ0n) is 16.9. The minimum atomic E-state index is 0.588. The standard InChI is InChI=1S/C24H40/c1-6-19(4)22-11-12-23-21(8-7-13-24(22,23)5)10-9-20-15-17(2)14-18(3)16-20/h9-10,17-19,22-23H,6-8,11-16H2,1-5H3. The van der Waals surface area contributed by atoms with E-state index in [0.717, 1.165) is 29.6 Å². The van der Waals surface area contributed by atoms with Crippen molar-refractivity contribution >= 4 is 0 Å². The lowest BCUT2D eigenvalue weighted by Gasteiger charge is -2.44. The molecular weight excluding hydrogens is 288 g/mol. The molecule has 3 saturated carbocycles. The molecule has 136 valence electrons. The Balaban J connectivity index is 1.77. The van der Waals surface area contributed by atoms with Crippen LogP contribution in [-0.2, 0) is 0 Å². The van der Waals surface area contributed by atoms with Gasteiger partial charge in [0.1, 0.15) is 0 Å². The summed E-state index contributed by atoms with van der Waals surface area (Å²) in [6, 6.07) is 0. The van der Waals surface area contributed by atoms with Gasteiger partial charge in [0.2, 0.25) is 0 Å². The Morgan fingerprint density at radius 2 is 1.83 bits per heavy atom. The van der Waals surface area contributed by atoms with Crippen LogP contribution in [0.2, 0.25) is 0 Å². The zero-order chi connectivity index (χ0) is 17.3. The van der Waals surface area contributed by atoms with Gasteiger partial charge in [-0.25, -0.2) is 0 Å². The lowest BCUT2D eigenvalue weighted by atomic mass is 9.61. The minimum absolute atomic E-state index is 0.588. The molecule has 3 fully saturated rings. The summed E-state index contributed by atoms with van der Waals surface area (Å²) < 4.78 is 0. The predicted molar refractivity (Wildman–Crippen MR) is 106 cm³/mol. The average molecular weight is 329 g/mol. The first-order chi connectivity index (χ1) is 11.4. The van der Waals surface area contributed by atoms with Crippen molar-refractivity contribution in [2.45, 2.75) is 92.4 Å². The van der Waals surface area contributed by atoms with Crippen LogP contribution in [0.15, 0.2) is 23.3 Å². The zero-order valence-corrected chi connectivity index (χ0v) is 16.9. The van der Waals surface area contributed by atoms with Crippen molar-refractivity contribution in [3.05, 3.63) is 23.3 Å². The molecular formula is C24H40. The lowest BCUT2D eigenvalue weighted by molar-refractivity contribution is 0.0961. The highest BCUT2D eigenvalue weighted by molar-refractivity contribution is 5.25. The van der Waals surface area contributed by atoms with Gasteiger partial charge in [-0.2, -0.15) is 0 Å². The molecule has 24 heavy (non-hydrogen) atoms. The third-order valence-electron chi connectivity index (χ3n) is 7.93. The van der Waals surface area contributed by atoms with E-state index >= 15 is 0 Å². The van der Waals surface area contributed by atoms with Crippen LogP contribution in [0.5, 0.6) is 0 Å². The van der Waals surface area contributed by atoms with E-state index in [1.54, 1.807) is 11.1 Å². The summed E-state index contributed by atoms with van der Waals surface area (Å²) in [4.78, 5) is 0. The van der Waals surface area contributed by atoms with Crippen molar-refractivity contribution in [3.63, 3.8) is 0 Å². The second-order valence-corrected chi connectivity index (χ2v) is 9.90. The predicted octanol–water partition coefficient (Wildman–Crippen LogP) is 7.56. The molecule has 0 nitrogen and oxygen atoms in total. The van der Waals surface area contributed by atoms with E-state index in [1.165, 1.54) is 57.8 Å². The summed E-state index contributed by atoms with van der Waals surface area (Å²) in [6.45, 7) is 12.4. The van der Waals surface area contributed by atoms with Gasteiger partial charge in [-0.05, 0) is 86.4 Å². The molecule has 0 heteroatoms. The second-order valence-electron chi connectivity index (χ2n) is 9.90. The van der Waals surface area contributed by atoms with Crippen LogP contribution in [-0.4, -0.2) is 0 Å². The van der Waals surface area contributed by atoms with Crippen molar-refractivity contribution in [1.82, 2.24) is 0 Å². The van der Waals surface area contributed by atoms with E-state index < -0.39 is 0 Å². The van der Waals surface area contributed by atoms with Gasteiger partial charge in [0.05, 0.1) is 0 Å². The van der Waals surface area contributed by atoms with E-state index in [1.807, 2.05) is 0 Å². The summed E-state index contributed by atoms with van der Waals surface area (Å²) in [5, 5.41) is 0. The van der Waals surface area contributed by atoms with Crippen molar-refractivity contribution in [1.29, 1.82) is 0 Å². The summed E-state index contributed by atoms with van der Waals surface area (Å²) in [5.74, 6) is 4.50. The Morgan fingerprint density at radius 1 is 1.12 bits per heavy atom. The van der Waals surface area contributed by atoms with Crippen molar-refractivity contribution in [3.8, 4) is 0 Å². The number of hydrogen-bond donors (Lipinski definition) is 0. The molecule has 0 aromatic rings. The van der Waals surface area contributed by atoms with Crippen LogP contribution in [0.1, 0.15) is 92.4 Å². The van der Waals surface area contributed by atoms with Gasteiger partial charge in [-0.1, -0.05) is 64.3 Å². The molecule has 6 unspecified atom stereocenters. The van der Waals surface area contributed by atoms with Gasteiger partial charge in [0.15, 0.2) is 0 Å². The van der Waals surface area contributed by atoms with Gasteiger partial charge in [-0.15, -0.1) is 0 Å². The fourth-order valence-corrected chi connectivity index (χ4v) is 6.69. The summed E-state index contributed by atoms with van der Waals surface area (Å²) in [7, 11) is 0. The molecule has 0 saturated heterocycles. The largest absolute Gasteiger partial charge is 0.0697 e. The third-order valence-corrected chi connectivity index (χ3v) is 7.93. The molecule has 3 rings (SSSR count). The molecule has 0 aliphatic heterocycles. The maximum atomic E-state index is 2.63. The topological polar surface area (TPSA) is 0 Å². The Labute approximate surface area is 151 Å². The van der Waals surface area contributed by atoms with Crippen molar-refractivity contribution in [2.75, 3.05) is 0 Å². The first kappa shape index (κ1) is 18.3. The summed E-state index contributed by atoms with van der Waals surface area (Å²) in [6.07, 6.45) is 17.8. The van der Waals surface area contributed by atoms with Gasteiger partial charge in [-0.3, -0.25) is 0 Å². The van der Waals surface area contributed by atoms with Gasteiger partial charge >= 0.3 is 0 Å². The SMILES string of the molecule is CCC(C)C1CCC2C(=CC=C3CC(C)CC(C)C3)CCCC21C. The molecule has 0 aromatic carbocycles. The molecule has 6 atom stereocenters. The van der Waals surface area contributed by atoms with Crippen molar-refractivity contribution in [2.24, 2.45) is 35.0 Å². The second kappa shape index (κ2) is 7.38.